The first-order valence-corrected chi connectivity index (χ1v) is 5.27. The van der Waals surface area contributed by atoms with Crippen LogP contribution in [0.5, 0.6) is 0 Å². The Kier molecular flexibility index (Phi) is 2.58. The SMILES string of the molecule is CCC(C)Nc1cc(C)cc2ncnn12. The van der Waals surface area contributed by atoms with Crippen LogP contribution in [-0.2, 0) is 0 Å². The number of pyridine rings is 1. The molecule has 1 atom stereocenters. The second-order valence-corrected chi connectivity index (χ2v) is 3.90. The van der Waals surface area contributed by atoms with Gasteiger partial charge in [0.25, 0.3) is 0 Å². The fourth-order valence-corrected chi connectivity index (χ4v) is 1.51. The Morgan fingerprint density at radius 1 is 1.47 bits per heavy atom. The Morgan fingerprint density at radius 2 is 2.27 bits per heavy atom. The highest BCUT2D eigenvalue weighted by atomic mass is 15.3. The van der Waals surface area contributed by atoms with Crippen molar-refractivity contribution < 1.29 is 0 Å². The smallest absolute Gasteiger partial charge is 0.157 e. The van der Waals surface area contributed by atoms with E-state index in [9.17, 15) is 0 Å². The van der Waals surface area contributed by atoms with Crippen molar-refractivity contribution in [1.82, 2.24) is 14.6 Å². The lowest BCUT2D eigenvalue weighted by molar-refractivity contribution is 0.750. The molecule has 1 N–H and O–H groups in total. The minimum atomic E-state index is 0.444. The summed E-state index contributed by atoms with van der Waals surface area (Å²) in [6.07, 6.45) is 2.67. The Morgan fingerprint density at radius 3 is 3.00 bits per heavy atom. The minimum Gasteiger partial charge on any atom is -0.368 e. The van der Waals surface area contributed by atoms with E-state index in [1.165, 1.54) is 5.56 Å². The predicted molar refractivity (Wildman–Crippen MR) is 61.1 cm³/mol. The van der Waals surface area contributed by atoms with Crippen LogP contribution in [0.1, 0.15) is 25.8 Å². The highest BCUT2D eigenvalue weighted by molar-refractivity contribution is 5.51. The van der Waals surface area contributed by atoms with Crippen molar-refractivity contribution in [3.05, 3.63) is 24.0 Å². The zero-order chi connectivity index (χ0) is 10.8. The number of anilines is 1. The second-order valence-electron chi connectivity index (χ2n) is 3.90. The van der Waals surface area contributed by atoms with Gasteiger partial charge in [-0.2, -0.15) is 9.61 Å². The van der Waals surface area contributed by atoms with Crippen molar-refractivity contribution in [3.63, 3.8) is 0 Å². The molecule has 0 bridgehead atoms. The molecule has 2 rings (SSSR count). The molecule has 0 radical (unpaired) electrons. The first kappa shape index (κ1) is 9.96. The molecule has 2 aromatic heterocycles. The van der Waals surface area contributed by atoms with Crippen LogP contribution < -0.4 is 5.32 Å². The molecule has 2 heterocycles. The summed E-state index contributed by atoms with van der Waals surface area (Å²) in [5.74, 6) is 1.01. The van der Waals surface area contributed by atoms with Gasteiger partial charge in [-0.25, -0.2) is 4.98 Å². The summed E-state index contributed by atoms with van der Waals surface area (Å²) in [5, 5.41) is 7.61. The van der Waals surface area contributed by atoms with Crippen molar-refractivity contribution >= 4 is 11.5 Å². The van der Waals surface area contributed by atoms with Crippen LogP contribution in [0.25, 0.3) is 5.65 Å². The van der Waals surface area contributed by atoms with E-state index in [0.717, 1.165) is 17.9 Å². The van der Waals surface area contributed by atoms with Gasteiger partial charge in [-0.15, -0.1) is 0 Å². The number of hydrogen-bond acceptors (Lipinski definition) is 3. The topological polar surface area (TPSA) is 42.2 Å². The van der Waals surface area contributed by atoms with E-state index in [0.29, 0.717) is 6.04 Å². The fraction of sp³-hybridized carbons (Fsp3) is 0.455. The monoisotopic (exact) mass is 204 g/mol. The molecule has 2 aromatic rings. The van der Waals surface area contributed by atoms with E-state index in [1.807, 2.05) is 10.6 Å². The third kappa shape index (κ3) is 1.93. The number of fused-ring (bicyclic) bond motifs is 1. The first-order chi connectivity index (χ1) is 7.20. The molecule has 1 unspecified atom stereocenters. The van der Waals surface area contributed by atoms with Crippen molar-refractivity contribution in [3.8, 4) is 0 Å². The van der Waals surface area contributed by atoms with Crippen LogP contribution >= 0.6 is 0 Å². The maximum absolute atomic E-state index is 4.19. The lowest BCUT2D eigenvalue weighted by Gasteiger charge is -2.14. The molecule has 4 nitrogen and oxygen atoms in total. The molecular formula is C11H16N4. The van der Waals surface area contributed by atoms with Gasteiger partial charge in [0.15, 0.2) is 5.65 Å². The lowest BCUT2D eigenvalue weighted by atomic mass is 10.2. The van der Waals surface area contributed by atoms with Crippen LogP contribution in [0.2, 0.25) is 0 Å². The highest BCUT2D eigenvalue weighted by Crippen LogP contribution is 2.14. The third-order valence-electron chi connectivity index (χ3n) is 2.53. The maximum Gasteiger partial charge on any atom is 0.157 e. The van der Waals surface area contributed by atoms with E-state index >= 15 is 0 Å². The number of hydrogen-bond donors (Lipinski definition) is 1. The summed E-state index contributed by atoms with van der Waals surface area (Å²) in [6.45, 7) is 6.38. The quantitative estimate of drug-likeness (QED) is 0.833. The molecule has 4 heteroatoms. The molecule has 0 aliphatic rings. The normalized spacial score (nSPS) is 13.0. The number of nitrogens with one attached hydrogen (secondary N) is 1. The molecule has 0 saturated carbocycles. The van der Waals surface area contributed by atoms with Crippen LogP contribution in [0.3, 0.4) is 0 Å². The third-order valence-corrected chi connectivity index (χ3v) is 2.53. The van der Waals surface area contributed by atoms with Crippen molar-refractivity contribution in [2.75, 3.05) is 5.32 Å². The first-order valence-electron chi connectivity index (χ1n) is 5.27. The van der Waals surface area contributed by atoms with Gasteiger partial charge in [0.2, 0.25) is 0 Å². The van der Waals surface area contributed by atoms with E-state index in [1.54, 1.807) is 6.33 Å². The molecular weight excluding hydrogens is 188 g/mol. The van der Waals surface area contributed by atoms with Gasteiger partial charge >= 0.3 is 0 Å². The largest absolute Gasteiger partial charge is 0.368 e. The van der Waals surface area contributed by atoms with Crippen molar-refractivity contribution in [1.29, 1.82) is 0 Å². The number of aromatic nitrogens is 3. The fourth-order valence-electron chi connectivity index (χ4n) is 1.51. The van der Waals surface area contributed by atoms with Gasteiger partial charge in [-0.1, -0.05) is 6.92 Å². The van der Waals surface area contributed by atoms with Crippen molar-refractivity contribution in [2.45, 2.75) is 33.2 Å². The molecule has 0 spiro atoms. The van der Waals surface area contributed by atoms with Crippen LogP contribution in [-0.4, -0.2) is 20.6 Å². The van der Waals surface area contributed by atoms with Gasteiger partial charge in [0.05, 0.1) is 0 Å². The molecule has 0 amide bonds. The van der Waals surface area contributed by atoms with Gasteiger partial charge in [0.1, 0.15) is 12.1 Å². The average molecular weight is 204 g/mol. The standard InChI is InChI=1S/C11H16N4/c1-4-9(3)14-11-6-8(2)5-10-12-7-13-15(10)11/h5-7,9,14H,4H2,1-3H3. The summed E-state index contributed by atoms with van der Waals surface area (Å²) in [6, 6.07) is 4.56. The van der Waals surface area contributed by atoms with Crippen molar-refractivity contribution in [2.24, 2.45) is 0 Å². The number of rotatable bonds is 3. The lowest BCUT2D eigenvalue weighted by Crippen LogP contribution is -2.16. The highest BCUT2D eigenvalue weighted by Gasteiger charge is 2.05. The van der Waals surface area contributed by atoms with Gasteiger partial charge in [-0.05, 0) is 38.0 Å². The van der Waals surface area contributed by atoms with Gasteiger partial charge in [0, 0.05) is 6.04 Å². The summed E-state index contributed by atoms with van der Waals surface area (Å²) in [7, 11) is 0. The zero-order valence-corrected chi connectivity index (χ0v) is 9.36. The number of aryl methyl sites for hydroxylation is 1. The molecule has 0 aliphatic heterocycles. The zero-order valence-electron chi connectivity index (χ0n) is 9.36. The van der Waals surface area contributed by atoms with E-state index in [4.69, 9.17) is 0 Å². The molecule has 15 heavy (non-hydrogen) atoms. The summed E-state index contributed by atoms with van der Waals surface area (Å²) in [4.78, 5) is 4.19. The van der Waals surface area contributed by atoms with E-state index in [-0.39, 0.29) is 0 Å². The maximum atomic E-state index is 4.19. The molecule has 0 fully saturated rings. The predicted octanol–water partition coefficient (Wildman–Crippen LogP) is 2.25. The summed E-state index contributed by atoms with van der Waals surface area (Å²) >= 11 is 0. The molecule has 80 valence electrons. The van der Waals surface area contributed by atoms with E-state index < -0.39 is 0 Å². The second kappa shape index (κ2) is 3.88. The Balaban J connectivity index is 2.44. The van der Waals surface area contributed by atoms with Gasteiger partial charge < -0.3 is 5.32 Å². The minimum absolute atomic E-state index is 0.444. The van der Waals surface area contributed by atoms with E-state index in [2.05, 4.69) is 42.2 Å². The Bertz CT molecular complexity index is 461. The molecule has 0 saturated heterocycles. The Labute approximate surface area is 89.3 Å². The van der Waals surface area contributed by atoms with Crippen LogP contribution in [0.15, 0.2) is 18.5 Å². The van der Waals surface area contributed by atoms with Crippen LogP contribution in [0, 0.1) is 6.92 Å². The average Bonchev–Trinajstić information content (AvgIpc) is 2.65. The summed E-state index contributed by atoms with van der Waals surface area (Å²) < 4.78 is 1.83. The molecule has 0 aliphatic carbocycles. The molecule has 0 aromatic carbocycles. The van der Waals surface area contributed by atoms with Crippen LogP contribution in [0.4, 0.5) is 5.82 Å². The number of nitrogens with zero attached hydrogens (tertiary/aromatic N) is 3. The summed E-state index contributed by atoms with van der Waals surface area (Å²) in [5.41, 5.74) is 2.09. The Hall–Kier alpha value is -1.58. The van der Waals surface area contributed by atoms with Gasteiger partial charge in [-0.3, -0.25) is 0 Å².